The van der Waals surface area contributed by atoms with Gasteiger partial charge in [0.1, 0.15) is 5.75 Å². The molecule has 0 aliphatic heterocycles. The van der Waals surface area contributed by atoms with Gasteiger partial charge in [-0.1, -0.05) is 29.8 Å². The van der Waals surface area contributed by atoms with Crippen LogP contribution in [-0.2, 0) is 4.79 Å². The van der Waals surface area contributed by atoms with E-state index in [1.165, 1.54) is 6.07 Å². The maximum absolute atomic E-state index is 11.4. The fourth-order valence-electron chi connectivity index (χ4n) is 3.66. The number of aryl methyl sites for hydroxylation is 1. The van der Waals surface area contributed by atoms with Crippen molar-refractivity contribution in [2.75, 3.05) is 0 Å². The molecule has 2 heterocycles. The Morgan fingerprint density at radius 3 is 2.68 bits per heavy atom. The van der Waals surface area contributed by atoms with Crippen LogP contribution in [0.5, 0.6) is 11.8 Å². The molecule has 9 heteroatoms. The molecule has 5 rings (SSSR count). The van der Waals surface area contributed by atoms with E-state index in [-0.39, 0.29) is 18.0 Å². The molecular weight excluding hydrogens is 458 g/mol. The van der Waals surface area contributed by atoms with Crippen LogP contribution in [0.2, 0.25) is 5.02 Å². The molecule has 0 fully saturated rings. The average Bonchev–Trinajstić information content (AvgIpc) is 3.20. The van der Waals surface area contributed by atoms with E-state index >= 15 is 0 Å². The summed E-state index contributed by atoms with van der Waals surface area (Å²) in [5.74, 6) is -0.616. The maximum Gasteiger partial charge on any atom is 0.336 e. The van der Waals surface area contributed by atoms with E-state index in [2.05, 4.69) is 15.0 Å². The van der Waals surface area contributed by atoms with E-state index in [9.17, 15) is 9.90 Å². The second-order valence-electron chi connectivity index (χ2n) is 7.32. The van der Waals surface area contributed by atoms with Gasteiger partial charge in [-0.2, -0.15) is 4.98 Å². The molecule has 3 aromatic carbocycles. The third kappa shape index (κ3) is 4.53. The number of aromatic carboxylic acids is 1. The van der Waals surface area contributed by atoms with Crippen LogP contribution in [-0.4, -0.2) is 32.6 Å². The minimum absolute atomic E-state index is 0.187. The number of halogens is 1. The standard InChI is InChI=1S/C24H16ClN3O3.CH2O2/c1-13-7-8-14(10-17(13)23(29)30)31-24-27-21-11-18(19(25)12-22(21)28-24)15-4-2-6-20-16(15)5-3-9-26-20;2-1-3/h2-12H,1H3,(H,27,28)(H,29,30);1H,(H,2,3)/p+1. The third-order valence-corrected chi connectivity index (χ3v) is 5.51. The number of nitrogens with one attached hydrogen (secondary N) is 2. The average molecular weight is 477 g/mol. The summed E-state index contributed by atoms with van der Waals surface area (Å²) in [7, 11) is 0. The number of benzene rings is 3. The summed E-state index contributed by atoms with van der Waals surface area (Å²) in [5.41, 5.74) is 5.13. The lowest BCUT2D eigenvalue weighted by Gasteiger charge is -2.06. The molecule has 170 valence electrons. The van der Waals surface area contributed by atoms with Crippen molar-refractivity contribution >= 4 is 46.0 Å². The molecule has 0 saturated carbocycles. The van der Waals surface area contributed by atoms with Crippen LogP contribution in [0.25, 0.3) is 33.1 Å². The molecule has 4 N–H and O–H groups in total. The van der Waals surface area contributed by atoms with Gasteiger partial charge in [0.25, 0.3) is 12.5 Å². The van der Waals surface area contributed by atoms with Gasteiger partial charge in [-0.3, -0.25) is 4.79 Å². The molecule has 8 nitrogen and oxygen atoms in total. The highest BCUT2D eigenvalue weighted by Gasteiger charge is 2.15. The summed E-state index contributed by atoms with van der Waals surface area (Å²) in [5, 5.41) is 17.8. The number of imidazole rings is 1. The van der Waals surface area contributed by atoms with Crippen LogP contribution in [0.4, 0.5) is 0 Å². The number of hydrogen-bond acceptors (Lipinski definition) is 4. The molecule has 5 aromatic rings. The predicted molar refractivity (Wildman–Crippen MR) is 128 cm³/mol. The second kappa shape index (κ2) is 9.60. The number of rotatable bonds is 4. The Morgan fingerprint density at radius 2 is 1.91 bits per heavy atom. The Morgan fingerprint density at radius 1 is 1.12 bits per heavy atom. The molecule has 34 heavy (non-hydrogen) atoms. The van der Waals surface area contributed by atoms with Gasteiger partial charge in [0, 0.05) is 17.7 Å². The number of ether oxygens (including phenoxy) is 1. The van der Waals surface area contributed by atoms with Crippen molar-refractivity contribution < 1.29 is 29.5 Å². The van der Waals surface area contributed by atoms with Crippen molar-refractivity contribution in [3.8, 4) is 22.9 Å². The minimum atomic E-state index is -1.00. The maximum atomic E-state index is 11.4. The number of hydrogen-bond donors (Lipinski definition) is 3. The van der Waals surface area contributed by atoms with Crippen LogP contribution in [0.1, 0.15) is 15.9 Å². The van der Waals surface area contributed by atoms with Gasteiger partial charge < -0.3 is 19.9 Å². The number of nitrogens with zero attached hydrogens (tertiary/aromatic N) is 1. The molecular formula is C25H19ClN3O5+. The zero-order valence-electron chi connectivity index (χ0n) is 17.9. The smallest absolute Gasteiger partial charge is 0.336 e. The number of fused-ring (bicyclic) bond motifs is 2. The van der Waals surface area contributed by atoms with E-state index in [0.717, 1.165) is 27.5 Å². The summed E-state index contributed by atoms with van der Waals surface area (Å²) in [4.78, 5) is 30.6. The first-order valence-corrected chi connectivity index (χ1v) is 10.5. The summed E-state index contributed by atoms with van der Waals surface area (Å²) >= 11 is 6.62. The zero-order valence-corrected chi connectivity index (χ0v) is 18.6. The van der Waals surface area contributed by atoms with Crippen molar-refractivity contribution in [1.82, 2.24) is 9.97 Å². The van der Waals surface area contributed by atoms with E-state index in [4.69, 9.17) is 26.2 Å². The molecule has 0 atom stereocenters. The lowest BCUT2D eigenvalue weighted by atomic mass is 10.00. The van der Waals surface area contributed by atoms with Gasteiger partial charge in [-0.15, -0.1) is 0 Å². The molecule has 0 saturated heterocycles. The predicted octanol–water partition coefficient (Wildman–Crippen LogP) is 5.35. The van der Waals surface area contributed by atoms with Gasteiger partial charge in [0.15, 0.2) is 6.20 Å². The van der Waals surface area contributed by atoms with E-state index < -0.39 is 5.97 Å². The highest BCUT2D eigenvalue weighted by atomic mass is 35.5. The van der Waals surface area contributed by atoms with Crippen LogP contribution in [0.15, 0.2) is 66.9 Å². The molecule has 0 aliphatic rings. The second-order valence-corrected chi connectivity index (χ2v) is 7.72. The van der Waals surface area contributed by atoms with Crippen LogP contribution in [0, 0.1) is 6.92 Å². The number of pyridine rings is 1. The molecule has 0 aliphatic carbocycles. The Labute approximate surface area is 198 Å². The van der Waals surface area contributed by atoms with Gasteiger partial charge in [-0.25, -0.2) is 9.78 Å². The fourth-order valence-corrected chi connectivity index (χ4v) is 3.92. The highest BCUT2D eigenvalue weighted by molar-refractivity contribution is 6.34. The first kappa shape index (κ1) is 22.8. The normalized spacial score (nSPS) is 10.5. The first-order valence-electron chi connectivity index (χ1n) is 10.1. The molecule has 0 bridgehead atoms. The van der Waals surface area contributed by atoms with Crippen LogP contribution >= 0.6 is 11.6 Å². The Bertz CT molecular complexity index is 1530. The van der Waals surface area contributed by atoms with E-state index in [1.54, 1.807) is 19.1 Å². The van der Waals surface area contributed by atoms with Crippen molar-refractivity contribution in [2.45, 2.75) is 6.92 Å². The highest BCUT2D eigenvalue weighted by Crippen LogP contribution is 2.36. The minimum Gasteiger partial charge on any atom is -0.483 e. The van der Waals surface area contributed by atoms with Gasteiger partial charge in [-0.05, 0) is 48.4 Å². The van der Waals surface area contributed by atoms with E-state index in [1.807, 2.05) is 48.7 Å². The molecule has 0 amide bonds. The number of carbonyl (C=O) groups is 2. The summed E-state index contributed by atoms with van der Waals surface area (Å²) < 4.78 is 5.79. The Balaban J connectivity index is 0.000000868. The lowest BCUT2D eigenvalue weighted by Crippen LogP contribution is -2.01. The number of aromatic nitrogens is 3. The molecule has 0 radical (unpaired) electrons. The van der Waals surface area contributed by atoms with Gasteiger partial charge in [0.05, 0.1) is 27.0 Å². The first-order chi connectivity index (χ1) is 16.4. The third-order valence-electron chi connectivity index (χ3n) is 5.20. The summed E-state index contributed by atoms with van der Waals surface area (Å²) in [6.45, 7) is 1.49. The fraction of sp³-hybridized carbons (Fsp3) is 0.0400. The topological polar surface area (TPSA) is 127 Å². The van der Waals surface area contributed by atoms with Crippen molar-refractivity contribution in [3.05, 3.63) is 83.0 Å². The number of carboxylic acids is 1. The SMILES string of the molecule is Cc1ccc(Oc2nc3cc(-c4cccc5[nH+]cccc45)c(Cl)cc3[nH]2)cc1C(=O)O.O=CO. The number of aromatic amines is 2. The molecule has 0 unspecified atom stereocenters. The zero-order chi connectivity index (χ0) is 24.2. The molecule has 2 aromatic heterocycles. The van der Waals surface area contributed by atoms with Crippen molar-refractivity contribution in [1.29, 1.82) is 0 Å². The quantitative estimate of drug-likeness (QED) is 0.300. The summed E-state index contributed by atoms with van der Waals surface area (Å²) in [6, 6.07) is 18.9. The summed E-state index contributed by atoms with van der Waals surface area (Å²) in [6.07, 6.45) is 1.88. The van der Waals surface area contributed by atoms with Gasteiger partial charge in [0.2, 0.25) is 5.52 Å². The van der Waals surface area contributed by atoms with Crippen molar-refractivity contribution in [2.24, 2.45) is 0 Å². The lowest BCUT2D eigenvalue weighted by molar-refractivity contribution is -0.344. The number of H-pyrrole nitrogens is 2. The van der Waals surface area contributed by atoms with Gasteiger partial charge >= 0.3 is 5.97 Å². The van der Waals surface area contributed by atoms with Crippen LogP contribution < -0.4 is 9.72 Å². The van der Waals surface area contributed by atoms with Crippen LogP contribution in [0.3, 0.4) is 0 Å². The Kier molecular flexibility index (Phi) is 6.42. The monoisotopic (exact) mass is 476 g/mol. The van der Waals surface area contributed by atoms with Crippen molar-refractivity contribution in [3.63, 3.8) is 0 Å². The number of carboxylic acid groups (broad SMARTS) is 2. The Hall–Kier alpha value is -4.43. The largest absolute Gasteiger partial charge is 0.483 e. The molecule has 0 spiro atoms. The van der Waals surface area contributed by atoms with E-state index in [0.29, 0.717) is 21.9 Å².